The first-order valence-corrected chi connectivity index (χ1v) is 16.8. The Morgan fingerprint density at radius 2 is 1.79 bits per heavy atom. The second kappa shape index (κ2) is 16.1. The number of anilines is 3. The van der Waals surface area contributed by atoms with Gasteiger partial charge in [-0.05, 0) is 68.3 Å². The highest BCUT2D eigenvalue weighted by Crippen LogP contribution is 2.24. The monoisotopic (exact) mass is 667 g/mol. The van der Waals surface area contributed by atoms with Crippen molar-refractivity contribution in [3.63, 3.8) is 0 Å². The number of fused-ring (bicyclic) bond motifs is 1. The van der Waals surface area contributed by atoms with E-state index in [0.29, 0.717) is 58.8 Å². The van der Waals surface area contributed by atoms with E-state index in [1.165, 1.54) is 20.2 Å². The van der Waals surface area contributed by atoms with Crippen LogP contribution in [0, 0.1) is 18.3 Å². The molecule has 14 heteroatoms. The number of nitrogens with zero attached hydrogens (tertiary/aromatic N) is 1. The van der Waals surface area contributed by atoms with E-state index < -0.39 is 34.0 Å². The zero-order valence-electron chi connectivity index (χ0n) is 27.9. The average molecular weight is 668 g/mol. The van der Waals surface area contributed by atoms with Gasteiger partial charge in [-0.2, -0.15) is 12.7 Å². The van der Waals surface area contributed by atoms with Crippen molar-refractivity contribution in [2.75, 3.05) is 44.1 Å². The van der Waals surface area contributed by atoms with Crippen LogP contribution in [0.3, 0.4) is 0 Å². The number of nitrogen functional groups attached to an aromatic ring is 1. The maximum absolute atomic E-state index is 13.6. The van der Waals surface area contributed by atoms with Gasteiger partial charge in [0.1, 0.15) is 17.6 Å². The van der Waals surface area contributed by atoms with Crippen LogP contribution in [0.25, 0.3) is 11.8 Å². The molecule has 2 atom stereocenters. The highest BCUT2D eigenvalue weighted by Gasteiger charge is 2.32. The molecule has 1 heterocycles. The number of hydrogen-bond acceptors (Lipinski definition) is 10. The van der Waals surface area contributed by atoms with E-state index in [1.807, 2.05) is 33.8 Å². The highest BCUT2D eigenvalue weighted by atomic mass is 32.2. The van der Waals surface area contributed by atoms with Gasteiger partial charge in [0.05, 0.1) is 12.9 Å². The Kier molecular flexibility index (Phi) is 12.6. The zero-order valence-corrected chi connectivity index (χ0v) is 28.7. The van der Waals surface area contributed by atoms with Gasteiger partial charge in [-0.1, -0.05) is 19.9 Å². The third kappa shape index (κ3) is 9.14. The molecule has 2 unspecified atom stereocenters. The van der Waals surface area contributed by atoms with Crippen molar-refractivity contribution in [3.05, 3.63) is 76.1 Å². The summed E-state index contributed by atoms with van der Waals surface area (Å²) in [6.45, 7) is 8.22. The lowest BCUT2D eigenvalue weighted by Crippen LogP contribution is -2.49. The number of amides is 2. The maximum atomic E-state index is 13.6. The van der Waals surface area contributed by atoms with Crippen LogP contribution in [0.2, 0.25) is 0 Å². The smallest absolute Gasteiger partial charge is 0.303 e. The van der Waals surface area contributed by atoms with Gasteiger partial charge >= 0.3 is 10.2 Å². The van der Waals surface area contributed by atoms with E-state index in [1.54, 1.807) is 49.7 Å². The Balaban J connectivity index is 0.00000294. The molecule has 1 aromatic heterocycles. The fourth-order valence-electron chi connectivity index (χ4n) is 4.91. The number of aryl methyl sites for hydroxylation is 1. The Morgan fingerprint density at radius 3 is 2.40 bits per heavy atom. The molecule has 1 aliphatic carbocycles. The number of furan rings is 1. The van der Waals surface area contributed by atoms with Crippen LogP contribution in [0.1, 0.15) is 55.1 Å². The summed E-state index contributed by atoms with van der Waals surface area (Å²) in [6, 6.07) is 10.4. The standard InChI is InChI=1S/C31H39N7O6S.C2H6/c1-6-43-26-12-9-20(15-25-18(2)17-44-28(25)26)27(31(40)37-45(41,42)38(4)5)35-23-10-7-19(8-11-23)29(33)36-30(39)21-13-22(32)16-24(14-21)34-3;1-2/h7-8,10-11,13-17,20,27,34-35H,6,9,12,32H2,1-5H3,(H,37,40)(H2,33,36,39);1-2H3. The predicted molar refractivity (Wildman–Crippen MR) is 186 cm³/mol. The first-order valence-electron chi connectivity index (χ1n) is 15.3. The lowest BCUT2D eigenvalue weighted by molar-refractivity contribution is -0.120. The maximum Gasteiger partial charge on any atom is 0.303 e. The van der Waals surface area contributed by atoms with Gasteiger partial charge in [-0.25, -0.2) is 4.72 Å². The van der Waals surface area contributed by atoms with E-state index in [0.717, 1.165) is 15.1 Å². The molecular weight excluding hydrogens is 622 g/mol. The zero-order chi connectivity index (χ0) is 34.9. The van der Waals surface area contributed by atoms with Crippen molar-refractivity contribution >= 4 is 56.8 Å². The van der Waals surface area contributed by atoms with E-state index in [9.17, 15) is 18.0 Å². The van der Waals surface area contributed by atoms with E-state index in [-0.39, 0.29) is 5.84 Å². The van der Waals surface area contributed by atoms with Crippen molar-refractivity contribution in [2.24, 2.45) is 5.92 Å². The lowest BCUT2D eigenvalue weighted by atomic mass is 9.93. The number of benzene rings is 2. The molecule has 7 N–H and O–H groups in total. The van der Waals surface area contributed by atoms with Crippen LogP contribution in [0.5, 0.6) is 0 Å². The summed E-state index contributed by atoms with van der Waals surface area (Å²) in [4.78, 5) is 26.4. The molecule has 3 aromatic rings. The van der Waals surface area contributed by atoms with Crippen molar-refractivity contribution < 1.29 is 27.2 Å². The van der Waals surface area contributed by atoms with E-state index in [4.69, 9.17) is 20.3 Å². The highest BCUT2D eigenvalue weighted by molar-refractivity contribution is 7.87. The molecule has 0 bridgehead atoms. The summed E-state index contributed by atoms with van der Waals surface area (Å²) in [5.41, 5.74) is 9.63. The summed E-state index contributed by atoms with van der Waals surface area (Å²) >= 11 is 0. The molecule has 13 nitrogen and oxygen atoms in total. The number of amidine groups is 1. The lowest BCUT2D eigenvalue weighted by Gasteiger charge is -2.26. The molecule has 254 valence electrons. The normalized spacial score (nSPS) is 14.7. The Morgan fingerprint density at radius 1 is 1.11 bits per heavy atom. The second-order valence-electron chi connectivity index (χ2n) is 10.8. The Labute approximate surface area is 275 Å². The molecule has 2 amide bonds. The summed E-state index contributed by atoms with van der Waals surface area (Å²) in [5.74, 6) is -1.14. The van der Waals surface area contributed by atoms with Crippen LogP contribution in [0.4, 0.5) is 17.1 Å². The molecule has 4 rings (SSSR count). The summed E-state index contributed by atoms with van der Waals surface area (Å²) in [7, 11) is 0.309. The molecule has 0 saturated heterocycles. The van der Waals surface area contributed by atoms with Gasteiger partial charge in [-0.3, -0.25) is 15.0 Å². The van der Waals surface area contributed by atoms with Crippen LogP contribution in [-0.2, 0) is 19.7 Å². The minimum Gasteiger partial charge on any atom is -0.494 e. The molecule has 0 spiro atoms. The van der Waals surface area contributed by atoms with Gasteiger partial charge in [0.2, 0.25) is 0 Å². The minimum absolute atomic E-state index is 0.134. The van der Waals surface area contributed by atoms with Crippen molar-refractivity contribution in [1.82, 2.24) is 14.3 Å². The third-order valence-electron chi connectivity index (χ3n) is 7.34. The van der Waals surface area contributed by atoms with Gasteiger partial charge in [0.25, 0.3) is 11.8 Å². The van der Waals surface area contributed by atoms with Gasteiger partial charge in [0.15, 0.2) is 5.42 Å². The summed E-state index contributed by atoms with van der Waals surface area (Å²) in [6.07, 6.45) is 4.48. The second-order valence-corrected chi connectivity index (χ2v) is 12.6. The van der Waals surface area contributed by atoms with Gasteiger partial charge < -0.3 is 30.8 Å². The number of carbonyl (C=O) groups excluding carboxylic acids is 2. The first kappa shape index (κ1) is 36.6. The predicted octanol–water partition coefficient (Wildman–Crippen LogP) is 2.73. The van der Waals surface area contributed by atoms with Crippen LogP contribution in [-0.4, -0.2) is 64.2 Å². The molecule has 0 saturated carbocycles. The number of ether oxygens (including phenoxy) is 1. The van der Waals surface area contributed by atoms with Crippen LogP contribution >= 0.6 is 0 Å². The Bertz CT molecular complexity index is 1820. The molecule has 0 aliphatic heterocycles. The fourth-order valence-corrected chi connectivity index (χ4v) is 5.47. The number of rotatable bonds is 11. The molecule has 2 aromatic carbocycles. The number of carbonyl (C=O) groups is 2. The Hall–Kier alpha value is -4.82. The van der Waals surface area contributed by atoms with Crippen molar-refractivity contribution in [2.45, 2.75) is 46.6 Å². The molecular formula is C33H45N7O6S. The van der Waals surface area contributed by atoms with Gasteiger partial charge in [-0.15, -0.1) is 0 Å². The summed E-state index contributed by atoms with van der Waals surface area (Å²) < 4.78 is 39.9. The average Bonchev–Trinajstić information content (AvgIpc) is 3.30. The van der Waals surface area contributed by atoms with Crippen LogP contribution < -0.4 is 37.0 Å². The molecule has 0 radical (unpaired) electrons. The minimum atomic E-state index is -4.07. The SMILES string of the molecule is CC.CCOC1=c2occ(C)c2=CC(C(Nc2ccc(C(=N)NC(=O)c3cc(N)cc(NC)c3)cc2)C(=O)NS(=O)(=O)N(C)C)CC1. The number of nitrogens with one attached hydrogen (secondary N) is 5. The van der Waals surface area contributed by atoms with E-state index in [2.05, 4.69) is 20.7 Å². The van der Waals surface area contributed by atoms with E-state index >= 15 is 0 Å². The van der Waals surface area contributed by atoms with Crippen LogP contribution in [0.15, 0.2) is 53.1 Å². The molecule has 1 aliphatic rings. The topological polar surface area (TPSA) is 192 Å². The molecule has 0 fully saturated rings. The first-order chi connectivity index (χ1) is 22.3. The largest absolute Gasteiger partial charge is 0.494 e. The fraction of sp³-hybridized carbons (Fsp3) is 0.364. The number of hydrogen-bond donors (Lipinski definition) is 6. The molecule has 47 heavy (non-hydrogen) atoms. The van der Waals surface area contributed by atoms with Gasteiger partial charge in [0, 0.05) is 66.9 Å². The number of nitrogens with two attached hydrogens (primary N) is 1. The van der Waals surface area contributed by atoms with Crippen molar-refractivity contribution in [1.29, 1.82) is 5.41 Å². The quantitative estimate of drug-likeness (QED) is 0.101. The summed E-state index contributed by atoms with van der Waals surface area (Å²) in [5, 5.41) is 17.9. The third-order valence-corrected chi connectivity index (χ3v) is 8.76. The van der Waals surface area contributed by atoms with Crippen molar-refractivity contribution in [3.8, 4) is 0 Å².